The van der Waals surface area contributed by atoms with Gasteiger partial charge in [0, 0.05) is 19.1 Å². The number of hydrogen-bond donors (Lipinski definition) is 1. The van der Waals surface area contributed by atoms with E-state index in [4.69, 9.17) is 4.74 Å². The third kappa shape index (κ3) is 7.60. The molecule has 0 spiro atoms. The van der Waals surface area contributed by atoms with Crippen LogP contribution in [0.1, 0.15) is 40.0 Å². The van der Waals surface area contributed by atoms with Gasteiger partial charge < -0.3 is 10.1 Å². The van der Waals surface area contributed by atoms with Crippen molar-refractivity contribution in [1.29, 1.82) is 0 Å². The van der Waals surface area contributed by atoms with Crippen LogP contribution in [0.5, 0.6) is 0 Å². The van der Waals surface area contributed by atoms with Gasteiger partial charge in [0.05, 0.1) is 6.10 Å². The van der Waals surface area contributed by atoms with Gasteiger partial charge in [-0.15, -0.1) is 0 Å². The summed E-state index contributed by atoms with van der Waals surface area (Å²) in [6.07, 6.45) is -4.18. The van der Waals surface area contributed by atoms with Crippen molar-refractivity contribution in [3.63, 3.8) is 0 Å². The zero-order valence-corrected chi connectivity index (χ0v) is 11.1. The number of alkyl halides is 3. The molecule has 0 saturated heterocycles. The Hall–Kier alpha value is -0.290. The minimum atomic E-state index is -4.06. The largest absolute Gasteiger partial charge is 0.389 e. The highest BCUT2D eigenvalue weighted by Crippen LogP contribution is 2.24. The Morgan fingerprint density at radius 3 is 2.18 bits per heavy atom. The van der Waals surface area contributed by atoms with E-state index < -0.39 is 12.6 Å². The van der Waals surface area contributed by atoms with Gasteiger partial charge in [-0.25, -0.2) is 0 Å². The summed E-state index contributed by atoms with van der Waals surface area (Å²) in [5.41, 5.74) is 0. The molecule has 0 aromatic carbocycles. The zero-order chi connectivity index (χ0) is 13.5. The second-order valence-corrected chi connectivity index (χ2v) is 4.57. The van der Waals surface area contributed by atoms with Crippen LogP contribution < -0.4 is 5.32 Å². The molecule has 0 rings (SSSR count). The average molecular weight is 255 g/mol. The van der Waals surface area contributed by atoms with E-state index in [1.54, 1.807) is 7.05 Å². The Morgan fingerprint density at radius 2 is 1.82 bits per heavy atom. The molecule has 0 aliphatic rings. The summed E-state index contributed by atoms with van der Waals surface area (Å²) < 4.78 is 41.8. The molecule has 0 saturated carbocycles. The minimum absolute atomic E-state index is 0.0164. The molecule has 2 nitrogen and oxygen atoms in total. The highest BCUT2D eigenvalue weighted by atomic mass is 19.4. The summed E-state index contributed by atoms with van der Waals surface area (Å²) in [5.74, 6) is 0.290. The van der Waals surface area contributed by atoms with Crippen molar-refractivity contribution in [1.82, 2.24) is 5.32 Å². The fourth-order valence-corrected chi connectivity index (χ4v) is 1.96. The van der Waals surface area contributed by atoms with Crippen molar-refractivity contribution in [2.45, 2.75) is 58.4 Å². The first kappa shape index (κ1) is 16.7. The zero-order valence-electron chi connectivity index (χ0n) is 11.1. The Bertz CT molecular complexity index is 195. The van der Waals surface area contributed by atoms with E-state index >= 15 is 0 Å². The van der Waals surface area contributed by atoms with Gasteiger partial charge in [0.1, 0.15) is 0 Å². The first-order chi connectivity index (χ1) is 7.81. The highest BCUT2D eigenvalue weighted by Gasteiger charge is 2.29. The van der Waals surface area contributed by atoms with Crippen molar-refractivity contribution in [3.8, 4) is 0 Å². The molecule has 0 amide bonds. The van der Waals surface area contributed by atoms with E-state index in [1.807, 2.05) is 20.8 Å². The molecule has 0 aromatic rings. The van der Waals surface area contributed by atoms with Crippen LogP contribution in [0.2, 0.25) is 0 Å². The van der Waals surface area contributed by atoms with Gasteiger partial charge in [-0.1, -0.05) is 13.8 Å². The molecule has 0 aliphatic heterocycles. The van der Waals surface area contributed by atoms with E-state index in [0.717, 1.165) is 0 Å². The topological polar surface area (TPSA) is 21.3 Å². The molecule has 17 heavy (non-hydrogen) atoms. The SMILES string of the molecule is CCOC(C(C)C)C(CCCC(F)(F)F)NC. The fourth-order valence-electron chi connectivity index (χ4n) is 1.96. The van der Waals surface area contributed by atoms with E-state index in [-0.39, 0.29) is 18.6 Å². The molecule has 0 aliphatic carbocycles. The van der Waals surface area contributed by atoms with Crippen molar-refractivity contribution in [2.24, 2.45) is 5.92 Å². The standard InChI is InChI=1S/C12H24F3NO/c1-5-17-11(9(2)3)10(16-4)7-6-8-12(13,14)15/h9-11,16H,5-8H2,1-4H3. The third-order valence-electron chi connectivity index (χ3n) is 2.76. The normalized spacial score (nSPS) is 16.2. The van der Waals surface area contributed by atoms with Crippen LogP contribution in [-0.4, -0.2) is 32.0 Å². The molecule has 0 radical (unpaired) electrons. The van der Waals surface area contributed by atoms with E-state index in [1.165, 1.54) is 0 Å². The number of hydrogen-bond acceptors (Lipinski definition) is 2. The van der Waals surface area contributed by atoms with Crippen molar-refractivity contribution in [2.75, 3.05) is 13.7 Å². The lowest BCUT2D eigenvalue weighted by atomic mass is 9.95. The molecule has 0 bridgehead atoms. The minimum Gasteiger partial charge on any atom is -0.377 e. The Balaban J connectivity index is 4.19. The summed E-state index contributed by atoms with van der Waals surface area (Å²) in [6, 6.07) is -0.0164. The van der Waals surface area contributed by atoms with Crippen LogP contribution in [-0.2, 0) is 4.74 Å². The Labute approximate surface area is 102 Å². The number of ether oxygens (including phenoxy) is 1. The first-order valence-electron chi connectivity index (χ1n) is 6.17. The number of likely N-dealkylation sites (N-methyl/N-ethyl adjacent to an activating group) is 1. The van der Waals surface area contributed by atoms with Crippen molar-refractivity contribution >= 4 is 0 Å². The van der Waals surface area contributed by atoms with Gasteiger partial charge in [0.2, 0.25) is 0 Å². The first-order valence-corrected chi connectivity index (χ1v) is 6.17. The van der Waals surface area contributed by atoms with Crippen LogP contribution in [0.25, 0.3) is 0 Å². The predicted octanol–water partition coefficient (Wildman–Crippen LogP) is 3.37. The molecule has 1 N–H and O–H groups in total. The summed E-state index contributed by atoms with van der Waals surface area (Å²) in [7, 11) is 1.77. The quantitative estimate of drug-likeness (QED) is 0.718. The van der Waals surface area contributed by atoms with Crippen LogP contribution >= 0.6 is 0 Å². The lowest BCUT2D eigenvalue weighted by molar-refractivity contribution is -0.136. The van der Waals surface area contributed by atoms with Crippen LogP contribution in [0, 0.1) is 5.92 Å². The molecule has 0 fully saturated rings. The van der Waals surface area contributed by atoms with Gasteiger partial charge in [-0.3, -0.25) is 0 Å². The lowest BCUT2D eigenvalue weighted by Gasteiger charge is -2.30. The van der Waals surface area contributed by atoms with Crippen molar-refractivity contribution < 1.29 is 17.9 Å². The van der Waals surface area contributed by atoms with Gasteiger partial charge >= 0.3 is 6.18 Å². The number of nitrogens with one attached hydrogen (secondary N) is 1. The monoisotopic (exact) mass is 255 g/mol. The number of rotatable bonds is 8. The second-order valence-electron chi connectivity index (χ2n) is 4.57. The maximum absolute atomic E-state index is 12.1. The molecule has 2 atom stereocenters. The Kier molecular flexibility index (Phi) is 7.79. The summed E-state index contributed by atoms with van der Waals surface area (Å²) in [5, 5.41) is 3.06. The predicted molar refractivity (Wildman–Crippen MR) is 63.0 cm³/mol. The van der Waals surface area contributed by atoms with E-state index in [0.29, 0.717) is 18.9 Å². The highest BCUT2D eigenvalue weighted by molar-refractivity contribution is 4.78. The van der Waals surface area contributed by atoms with Gasteiger partial charge in [0.15, 0.2) is 0 Å². The fraction of sp³-hybridized carbons (Fsp3) is 1.00. The molecular weight excluding hydrogens is 231 g/mol. The second kappa shape index (κ2) is 7.93. The number of halogens is 3. The average Bonchev–Trinajstić information content (AvgIpc) is 2.20. The maximum Gasteiger partial charge on any atom is 0.389 e. The third-order valence-corrected chi connectivity index (χ3v) is 2.76. The molecular formula is C12H24F3NO. The maximum atomic E-state index is 12.1. The van der Waals surface area contributed by atoms with Gasteiger partial charge in [-0.05, 0) is 32.7 Å². The van der Waals surface area contributed by atoms with E-state index in [9.17, 15) is 13.2 Å². The van der Waals surface area contributed by atoms with Gasteiger partial charge in [-0.2, -0.15) is 13.2 Å². The molecule has 0 heterocycles. The van der Waals surface area contributed by atoms with E-state index in [2.05, 4.69) is 5.32 Å². The molecule has 5 heteroatoms. The van der Waals surface area contributed by atoms with Crippen LogP contribution in [0.3, 0.4) is 0 Å². The Morgan fingerprint density at radius 1 is 1.24 bits per heavy atom. The van der Waals surface area contributed by atoms with Crippen LogP contribution in [0.15, 0.2) is 0 Å². The van der Waals surface area contributed by atoms with Gasteiger partial charge in [0.25, 0.3) is 0 Å². The van der Waals surface area contributed by atoms with Crippen LogP contribution in [0.4, 0.5) is 13.2 Å². The summed E-state index contributed by atoms with van der Waals surface area (Å²) in [6.45, 7) is 6.53. The molecule has 0 aromatic heterocycles. The van der Waals surface area contributed by atoms with Crippen molar-refractivity contribution in [3.05, 3.63) is 0 Å². The molecule has 2 unspecified atom stereocenters. The molecule has 104 valence electrons. The smallest absolute Gasteiger partial charge is 0.377 e. The summed E-state index contributed by atoms with van der Waals surface area (Å²) in [4.78, 5) is 0. The lowest BCUT2D eigenvalue weighted by Crippen LogP contribution is -2.42. The summed E-state index contributed by atoms with van der Waals surface area (Å²) >= 11 is 0.